The summed E-state index contributed by atoms with van der Waals surface area (Å²) >= 11 is 1.70. The van der Waals surface area contributed by atoms with Crippen molar-refractivity contribution in [3.8, 4) is 0 Å². The largest absolute Gasteiger partial charge is 0.306 e. The second kappa shape index (κ2) is 8.91. The van der Waals surface area contributed by atoms with Gasteiger partial charge in [0.1, 0.15) is 5.54 Å². The summed E-state index contributed by atoms with van der Waals surface area (Å²) in [5.41, 5.74) is 1.87. The minimum absolute atomic E-state index is 0.162. The molecule has 1 spiro atoms. The molecular weight excluding hydrogens is 470 g/mol. The Bertz CT molecular complexity index is 1330. The van der Waals surface area contributed by atoms with Crippen molar-refractivity contribution in [3.63, 3.8) is 0 Å². The number of carbonyl (C=O) groups excluding carboxylic acids is 3. The van der Waals surface area contributed by atoms with E-state index in [1.54, 1.807) is 28.8 Å². The maximum absolute atomic E-state index is 14.4. The van der Waals surface area contributed by atoms with Gasteiger partial charge in [0.05, 0.1) is 24.1 Å². The lowest BCUT2D eigenvalue weighted by Crippen LogP contribution is -2.55. The first-order valence-electron chi connectivity index (χ1n) is 12.2. The molecule has 3 aliphatic heterocycles. The molecule has 0 aromatic heterocycles. The lowest BCUT2D eigenvalue weighted by molar-refractivity contribution is -0.132. The summed E-state index contributed by atoms with van der Waals surface area (Å²) in [6.45, 7) is 0.400. The van der Waals surface area contributed by atoms with Crippen molar-refractivity contribution >= 4 is 40.9 Å². The number of fused-ring (bicyclic) bond motifs is 4. The van der Waals surface area contributed by atoms with Gasteiger partial charge in [0, 0.05) is 17.3 Å². The van der Waals surface area contributed by atoms with Crippen molar-refractivity contribution in [3.05, 3.63) is 96.1 Å². The van der Waals surface area contributed by atoms with E-state index < -0.39 is 17.4 Å². The van der Waals surface area contributed by atoms with E-state index in [2.05, 4.69) is 5.32 Å². The summed E-state index contributed by atoms with van der Waals surface area (Å²) in [7, 11) is 0. The first-order chi connectivity index (χ1) is 17.6. The van der Waals surface area contributed by atoms with Crippen LogP contribution in [0.4, 0.5) is 11.4 Å². The van der Waals surface area contributed by atoms with Crippen LogP contribution in [0.2, 0.25) is 0 Å². The first kappa shape index (κ1) is 23.0. The van der Waals surface area contributed by atoms with Crippen molar-refractivity contribution < 1.29 is 14.4 Å². The van der Waals surface area contributed by atoms with Crippen molar-refractivity contribution in [2.75, 3.05) is 21.8 Å². The third-order valence-corrected chi connectivity index (χ3v) is 8.34. The van der Waals surface area contributed by atoms with Crippen LogP contribution in [0.25, 0.3) is 0 Å². The molecule has 3 aromatic carbocycles. The van der Waals surface area contributed by atoms with Crippen LogP contribution >= 0.6 is 11.8 Å². The van der Waals surface area contributed by atoms with Crippen LogP contribution < -0.4 is 15.1 Å². The van der Waals surface area contributed by atoms with Gasteiger partial charge in [0.15, 0.2) is 0 Å². The summed E-state index contributed by atoms with van der Waals surface area (Å²) in [6.07, 6.45) is 2.72. The second-order valence-electron chi connectivity index (χ2n) is 9.59. The third kappa shape index (κ3) is 3.26. The number of rotatable bonds is 6. The van der Waals surface area contributed by atoms with E-state index in [1.807, 2.05) is 79.1 Å². The van der Waals surface area contributed by atoms with Crippen molar-refractivity contribution in [2.24, 2.45) is 11.8 Å². The molecule has 7 heteroatoms. The highest BCUT2D eigenvalue weighted by Crippen LogP contribution is 2.55. The number of amides is 3. The van der Waals surface area contributed by atoms with E-state index in [4.69, 9.17) is 0 Å². The zero-order valence-electron chi connectivity index (χ0n) is 20.0. The van der Waals surface area contributed by atoms with Crippen LogP contribution in [0, 0.1) is 11.8 Å². The third-order valence-electron chi connectivity index (χ3n) is 7.70. The van der Waals surface area contributed by atoms with E-state index in [1.165, 1.54) is 4.90 Å². The molecular formula is C29H27N3O3S. The molecule has 3 aromatic rings. The molecule has 3 amide bonds. The molecule has 3 aliphatic rings. The van der Waals surface area contributed by atoms with Gasteiger partial charge >= 0.3 is 0 Å². The van der Waals surface area contributed by atoms with Gasteiger partial charge < -0.3 is 4.90 Å². The Hall–Kier alpha value is -3.42. The Labute approximate surface area is 214 Å². The molecule has 6 rings (SSSR count). The number of benzene rings is 3. The summed E-state index contributed by atoms with van der Waals surface area (Å²) in [4.78, 5) is 45.4. The highest BCUT2D eigenvalue weighted by atomic mass is 32.2. The summed E-state index contributed by atoms with van der Waals surface area (Å²) in [5, 5.41) is 3.58. The number of hydrogen-bond donors (Lipinski definition) is 1. The van der Waals surface area contributed by atoms with Gasteiger partial charge in [-0.25, -0.2) is 4.90 Å². The Morgan fingerprint density at radius 3 is 2.25 bits per heavy atom. The normalized spacial score (nSPS) is 26.7. The van der Waals surface area contributed by atoms with Crippen molar-refractivity contribution in [1.29, 1.82) is 0 Å². The molecule has 0 unspecified atom stereocenters. The van der Waals surface area contributed by atoms with Gasteiger partial charge in [-0.15, -0.1) is 0 Å². The maximum atomic E-state index is 14.4. The minimum Gasteiger partial charge on any atom is -0.306 e. The second-order valence-corrected chi connectivity index (χ2v) is 10.6. The van der Waals surface area contributed by atoms with Gasteiger partial charge in [-0.1, -0.05) is 66.7 Å². The molecule has 0 bridgehead atoms. The SMILES string of the molecule is CSCC[C@@H]1N[C@]2(C(=O)N(Cc3ccccc3)c3ccccc32)[C@H]2C(=O)N(c3ccccc3)C(=O)[C@H]12. The molecule has 0 saturated carbocycles. The van der Waals surface area contributed by atoms with Crippen LogP contribution in [0.1, 0.15) is 17.5 Å². The fourth-order valence-electron chi connectivity index (χ4n) is 6.19. The molecule has 2 saturated heterocycles. The summed E-state index contributed by atoms with van der Waals surface area (Å²) < 4.78 is 0. The lowest BCUT2D eigenvalue weighted by atomic mass is 9.76. The maximum Gasteiger partial charge on any atom is 0.253 e. The van der Waals surface area contributed by atoms with Crippen LogP contribution in [-0.2, 0) is 26.5 Å². The van der Waals surface area contributed by atoms with Crippen molar-refractivity contribution in [1.82, 2.24) is 5.32 Å². The monoisotopic (exact) mass is 497 g/mol. The Morgan fingerprint density at radius 1 is 0.861 bits per heavy atom. The van der Waals surface area contributed by atoms with Gasteiger partial charge in [0.2, 0.25) is 11.8 Å². The van der Waals surface area contributed by atoms with E-state index in [9.17, 15) is 14.4 Å². The van der Waals surface area contributed by atoms with Crippen LogP contribution in [0.3, 0.4) is 0 Å². The predicted octanol–water partition coefficient (Wildman–Crippen LogP) is 3.96. The molecule has 6 nitrogen and oxygen atoms in total. The number of anilines is 2. The number of hydrogen-bond acceptors (Lipinski definition) is 5. The topological polar surface area (TPSA) is 69.7 Å². The molecule has 3 heterocycles. The fourth-order valence-corrected chi connectivity index (χ4v) is 6.68. The van der Waals surface area contributed by atoms with Gasteiger partial charge in [-0.3, -0.25) is 19.7 Å². The Kier molecular flexibility index (Phi) is 5.69. The van der Waals surface area contributed by atoms with Gasteiger partial charge in [-0.05, 0) is 42.2 Å². The van der Waals surface area contributed by atoms with Crippen LogP contribution in [0.15, 0.2) is 84.9 Å². The molecule has 182 valence electrons. The molecule has 0 radical (unpaired) electrons. The number of carbonyl (C=O) groups is 3. The Balaban J connectivity index is 1.48. The molecule has 2 fully saturated rings. The molecule has 0 aliphatic carbocycles. The smallest absolute Gasteiger partial charge is 0.253 e. The van der Waals surface area contributed by atoms with Gasteiger partial charge in [0.25, 0.3) is 5.91 Å². The highest BCUT2D eigenvalue weighted by Gasteiger charge is 2.71. The molecule has 36 heavy (non-hydrogen) atoms. The van der Waals surface area contributed by atoms with E-state index in [0.29, 0.717) is 18.7 Å². The average Bonchev–Trinajstić information content (AvgIpc) is 3.48. The fraction of sp³-hybridized carbons (Fsp3) is 0.276. The van der Waals surface area contributed by atoms with E-state index in [-0.39, 0.29) is 23.8 Å². The average molecular weight is 498 g/mol. The quantitative estimate of drug-likeness (QED) is 0.522. The van der Waals surface area contributed by atoms with E-state index in [0.717, 1.165) is 22.6 Å². The lowest BCUT2D eigenvalue weighted by Gasteiger charge is -2.30. The zero-order valence-corrected chi connectivity index (χ0v) is 20.8. The Morgan fingerprint density at radius 2 is 1.53 bits per heavy atom. The number of nitrogens with zero attached hydrogens (tertiary/aromatic N) is 2. The first-order valence-corrected chi connectivity index (χ1v) is 13.6. The summed E-state index contributed by atoms with van der Waals surface area (Å²) in [5.74, 6) is -1.26. The number of thioether (sulfide) groups is 1. The predicted molar refractivity (Wildman–Crippen MR) is 142 cm³/mol. The van der Waals surface area contributed by atoms with Crippen molar-refractivity contribution in [2.45, 2.75) is 24.5 Å². The van der Waals surface area contributed by atoms with E-state index >= 15 is 0 Å². The number of nitrogens with one attached hydrogen (secondary N) is 1. The standard InChI is InChI=1S/C29H27N3O3S/c1-36-17-16-22-24-25(27(34)32(26(24)33)20-12-6-3-7-13-20)29(30-22)21-14-8-9-15-23(21)31(28(29)35)18-19-10-4-2-5-11-19/h2-15,22,24-25,30H,16-18H2,1H3/t22-,24+,25+,29-/m0/s1. The molecule has 4 atom stereocenters. The van der Waals surface area contributed by atoms with Crippen LogP contribution in [0.5, 0.6) is 0 Å². The molecule has 1 N–H and O–H groups in total. The highest BCUT2D eigenvalue weighted by molar-refractivity contribution is 7.98. The number of imide groups is 1. The minimum atomic E-state index is -1.27. The summed E-state index contributed by atoms with van der Waals surface area (Å²) in [6, 6.07) is 26.3. The zero-order chi connectivity index (χ0) is 24.9. The van der Waals surface area contributed by atoms with Crippen LogP contribution in [-0.4, -0.2) is 35.8 Å². The van der Waals surface area contributed by atoms with Gasteiger partial charge in [-0.2, -0.15) is 11.8 Å². The number of para-hydroxylation sites is 2.